The topological polar surface area (TPSA) is 91.6 Å². The summed E-state index contributed by atoms with van der Waals surface area (Å²) in [6.45, 7) is 7.51. The lowest BCUT2D eigenvalue weighted by Gasteiger charge is -2.16. The van der Waals surface area contributed by atoms with Gasteiger partial charge in [0.15, 0.2) is 5.96 Å². The van der Waals surface area contributed by atoms with Crippen molar-refractivity contribution in [1.29, 1.82) is 0 Å². The molecule has 0 amide bonds. The van der Waals surface area contributed by atoms with Crippen molar-refractivity contribution in [3.05, 3.63) is 47.3 Å². The molecule has 0 saturated carbocycles. The largest absolute Gasteiger partial charge is 0.356 e. The molecule has 2 aromatic rings. The Morgan fingerprint density at radius 3 is 2.39 bits per heavy atom. The highest BCUT2D eigenvalue weighted by atomic mass is 127. The number of hydrogen-bond acceptors (Lipinski definition) is 4. The number of hydrogen-bond donors (Lipinski definition) is 2. The van der Waals surface area contributed by atoms with Crippen LogP contribution in [0.1, 0.15) is 36.2 Å². The summed E-state index contributed by atoms with van der Waals surface area (Å²) in [6, 6.07) is 9.16. The van der Waals surface area contributed by atoms with Crippen LogP contribution in [0.4, 0.5) is 0 Å². The maximum absolute atomic E-state index is 12.6. The van der Waals surface area contributed by atoms with E-state index >= 15 is 0 Å². The molecule has 3 rings (SSSR count). The van der Waals surface area contributed by atoms with Crippen molar-refractivity contribution in [2.45, 2.75) is 51.1 Å². The molecule has 1 fully saturated rings. The first kappa shape index (κ1) is 25.6. The highest BCUT2D eigenvalue weighted by Crippen LogP contribution is 2.21. The number of aliphatic imine (C=N–C) groups is 1. The SMILES string of the molecule is CN=C(NCCCn1nc(C)cc1C)NCc1ccc(S(=O)(=O)N2CCCC2)cc1.I. The fourth-order valence-corrected chi connectivity index (χ4v) is 5.12. The Kier molecular flexibility index (Phi) is 9.76. The highest BCUT2D eigenvalue weighted by Gasteiger charge is 2.26. The normalized spacial score (nSPS) is 15.0. The number of halogens is 1. The minimum Gasteiger partial charge on any atom is -0.356 e. The third-order valence-corrected chi connectivity index (χ3v) is 7.17. The van der Waals surface area contributed by atoms with Crippen LogP contribution in [0.25, 0.3) is 0 Å². The number of nitrogens with one attached hydrogen (secondary N) is 2. The van der Waals surface area contributed by atoms with Crippen molar-refractivity contribution in [2.24, 2.45) is 4.99 Å². The van der Waals surface area contributed by atoms with E-state index in [-0.39, 0.29) is 24.0 Å². The lowest BCUT2D eigenvalue weighted by atomic mass is 10.2. The van der Waals surface area contributed by atoms with Gasteiger partial charge in [0.1, 0.15) is 0 Å². The number of benzene rings is 1. The van der Waals surface area contributed by atoms with Gasteiger partial charge in [-0.05, 0) is 56.9 Å². The Morgan fingerprint density at radius 1 is 1.13 bits per heavy atom. The Bertz CT molecular complexity index is 966. The van der Waals surface area contributed by atoms with E-state index in [4.69, 9.17) is 0 Å². The highest BCUT2D eigenvalue weighted by molar-refractivity contribution is 14.0. The van der Waals surface area contributed by atoms with E-state index in [1.54, 1.807) is 23.5 Å². The lowest BCUT2D eigenvalue weighted by molar-refractivity contribution is 0.477. The molecule has 1 aromatic heterocycles. The summed E-state index contributed by atoms with van der Waals surface area (Å²) in [4.78, 5) is 4.61. The van der Waals surface area contributed by atoms with Gasteiger partial charge in [0, 0.05) is 45.5 Å². The Labute approximate surface area is 202 Å². The number of sulfonamides is 1. The molecule has 1 aliphatic rings. The number of nitrogens with zero attached hydrogens (tertiary/aromatic N) is 4. The quantitative estimate of drug-likeness (QED) is 0.224. The van der Waals surface area contributed by atoms with Crippen molar-refractivity contribution in [2.75, 3.05) is 26.7 Å². The lowest BCUT2D eigenvalue weighted by Crippen LogP contribution is -2.37. The van der Waals surface area contributed by atoms with E-state index in [1.807, 2.05) is 23.7 Å². The minimum atomic E-state index is -3.36. The number of rotatable bonds is 8. The van der Waals surface area contributed by atoms with Crippen LogP contribution >= 0.6 is 24.0 Å². The average Bonchev–Trinajstić information content (AvgIpc) is 3.38. The molecule has 2 N–H and O–H groups in total. The van der Waals surface area contributed by atoms with E-state index < -0.39 is 10.0 Å². The number of aryl methyl sites for hydroxylation is 3. The molecule has 1 saturated heterocycles. The molecule has 0 spiro atoms. The summed E-state index contributed by atoms with van der Waals surface area (Å²) in [7, 11) is -1.62. The maximum atomic E-state index is 12.6. The van der Waals surface area contributed by atoms with Crippen molar-refractivity contribution < 1.29 is 8.42 Å². The van der Waals surface area contributed by atoms with Gasteiger partial charge in [-0.2, -0.15) is 9.40 Å². The fraction of sp³-hybridized carbons (Fsp3) is 0.524. The second-order valence-electron chi connectivity index (χ2n) is 7.61. The van der Waals surface area contributed by atoms with Crippen molar-refractivity contribution >= 4 is 40.0 Å². The first-order valence-electron chi connectivity index (χ1n) is 10.4. The predicted octanol–water partition coefficient (Wildman–Crippen LogP) is 2.66. The van der Waals surface area contributed by atoms with Gasteiger partial charge in [-0.15, -0.1) is 24.0 Å². The summed E-state index contributed by atoms with van der Waals surface area (Å²) in [5.74, 6) is 0.720. The smallest absolute Gasteiger partial charge is 0.243 e. The van der Waals surface area contributed by atoms with Gasteiger partial charge in [0.2, 0.25) is 10.0 Å². The van der Waals surface area contributed by atoms with Crippen molar-refractivity contribution in [3.63, 3.8) is 0 Å². The third-order valence-electron chi connectivity index (χ3n) is 5.25. The molecular formula is C21H33IN6O2S. The second-order valence-corrected chi connectivity index (χ2v) is 9.55. The number of guanidine groups is 1. The van der Waals surface area contributed by atoms with Crippen molar-refractivity contribution in [1.82, 2.24) is 24.7 Å². The van der Waals surface area contributed by atoms with E-state index in [0.29, 0.717) is 24.5 Å². The van der Waals surface area contributed by atoms with Crippen LogP contribution in [0, 0.1) is 13.8 Å². The van der Waals surface area contributed by atoms with Crippen LogP contribution in [0.5, 0.6) is 0 Å². The molecule has 0 unspecified atom stereocenters. The van der Waals surface area contributed by atoms with Crippen LogP contribution < -0.4 is 10.6 Å². The predicted molar refractivity (Wildman–Crippen MR) is 134 cm³/mol. The molecular weight excluding hydrogens is 527 g/mol. The van der Waals surface area contributed by atoms with E-state index in [0.717, 1.165) is 49.6 Å². The zero-order valence-corrected chi connectivity index (χ0v) is 21.6. The van der Waals surface area contributed by atoms with Crippen LogP contribution in [0.15, 0.2) is 40.2 Å². The van der Waals surface area contributed by atoms with Gasteiger partial charge in [-0.3, -0.25) is 9.67 Å². The fourth-order valence-electron chi connectivity index (χ4n) is 3.60. The zero-order chi connectivity index (χ0) is 21.6. The number of aromatic nitrogens is 2. The van der Waals surface area contributed by atoms with Gasteiger partial charge in [-0.25, -0.2) is 8.42 Å². The van der Waals surface area contributed by atoms with Crippen LogP contribution in [0.3, 0.4) is 0 Å². The van der Waals surface area contributed by atoms with E-state index in [2.05, 4.69) is 33.7 Å². The van der Waals surface area contributed by atoms with Crippen LogP contribution in [0.2, 0.25) is 0 Å². The molecule has 31 heavy (non-hydrogen) atoms. The Balaban J connectivity index is 0.00000341. The van der Waals surface area contributed by atoms with Crippen molar-refractivity contribution in [3.8, 4) is 0 Å². The molecule has 0 aliphatic carbocycles. The van der Waals surface area contributed by atoms with Gasteiger partial charge < -0.3 is 10.6 Å². The Morgan fingerprint density at radius 2 is 1.81 bits per heavy atom. The zero-order valence-electron chi connectivity index (χ0n) is 18.5. The molecule has 2 heterocycles. The first-order valence-corrected chi connectivity index (χ1v) is 11.9. The van der Waals surface area contributed by atoms with Gasteiger partial charge in [-0.1, -0.05) is 12.1 Å². The average molecular weight is 561 g/mol. The molecule has 1 aromatic carbocycles. The second kappa shape index (κ2) is 11.8. The molecule has 172 valence electrons. The molecule has 0 bridgehead atoms. The maximum Gasteiger partial charge on any atom is 0.243 e. The van der Waals surface area contributed by atoms with Gasteiger partial charge in [0.05, 0.1) is 10.6 Å². The van der Waals surface area contributed by atoms with Crippen LogP contribution in [-0.4, -0.2) is 55.1 Å². The van der Waals surface area contributed by atoms with Crippen LogP contribution in [-0.2, 0) is 23.1 Å². The summed E-state index contributed by atoms with van der Waals surface area (Å²) >= 11 is 0. The van der Waals surface area contributed by atoms with E-state index in [9.17, 15) is 8.42 Å². The molecule has 0 radical (unpaired) electrons. The monoisotopic (exact) mass is 560 g/mol. The van der Waals surface area contributed by atoms with E-state index in [1.165, 1.54) is 5.69 Å². The summed E-state index contributed by atoms with van der Waals surface area (Å²) in [5.41, 5.74) is 3.21. The summed E-state index contributed by atoms with van der Waals surface area (Å²) in [5, 5.41) is 11.0. The molecule has 0 atom stereocenters. The van der Waals surface area contributed by atoms with Gasteiger partial charge >= 0.3 is 0 Å². The van der Waals surface area contributed by atoms with Gasteiger partial charge in [0.25, 0.3) is 0 Å². The molecule has 1 aliphatic heterocycles. The summed E-state index contributed by atoms with van der Waals surface area (Å²) in [6.07, 6.45) is 2.81. The molecule has 10 heteroatoms. The third kappa shape index (κ3) is 6.91. The summed E-state index contributed by atoms with van der Waals surface area (Å²) < 4.78 is 28.8. The first-order chi connectivity index (χ1) is 14.4. The Hall–Kier alpha value is -1.66. The molecule has 8 nitrogen and oxygen atoms in total. The standard InChI is InChI=1S/C21H32N6O2S.HI/c1-17-15-18(2)27(25-17)14-6-11-23-21(22-3)24-16-19-7-9-20(10-8-19)30(28,29)26-12-4-5-13-26;/h7-10,15H,4-6,11-14,16H2,1-3H3,(H2,22,23,24);1H. The minimum absolute atomic E-state index is 0.